The van der Waals surface area contributed by atoms with Gasteiger partial charge in [0.15, 0.2) is 0 Å². The summed E-state index contributed by atoms with van der Waals surface area (Å²) < 4.78 is 1.20. The highest BCUT2D eigenvalue weighted by Gasteiger charge is 2.19. The second-order valence-electron chi connectivity index (χ2n) is 7.25. The van der Waals surface area contributed by atoms with Crippen LogP contribution < -0.4 is 0 Å². The Morgan fingerprint density at radius 2 is 1.41 bits per heavy atom. The summed E-state index contributed by atoms with van der Waals surface area (Å²) in [5.41, 5.74) is 4.50. The van der Waals surface area contributed by atoms with Crippen molar-refractivity contribution in [3.05, 3.63) is 82.3 Å². The van der Waals surface area contributed by atoms with Gasteiger partial charge in [-0.15, -0.1) is 0 Å². The second kappa shape index (κ2) is 7.77. The highest BCUT2D eigenvalue weighted by atomic mass is 79.9. The number of rotatable bonds is 0. The molecule has 5 rings (SSSR count). The Hall–Kier alpha value is -2.26. The molecule has 1 aliphatic rings. The van der Waals surface area contributed by atoms with E-state index in [0.717, 1.165) is 0 Å². The minimum atomic E-state index is 0.687. The molecule has 0 saturated carbocycles. The molecule has 4 aromatic rings. The van der Waals surface area contributed by atoms with E-state index < -0.39 is 0 Å². The molecule has 0 fully saturated rings. The third-order valence-electron chi connectivity index (χ3n) is 5.59. The van der Waals surface area contributed by atoms with Gasteiger partial charge in [-0.1, -0.05) is 53.2 Å². The summed E-state index contributed by atoms with van der Waals surface area (Å²) in [7, 11) is 0. The zero-order valence-corrected chi connectivity index (χ0v) is 17.3. The van der Waals surface area contributed by atoms with E-state index >= 15 is 0 Å². The van der Waals surface area contributed by atoms with Crippen LogP contribution in [0.5, 0.6) is 0 Å². The highest BCUT2D eigenvalue weighted by molar-refractivity contribution is 9.10. The molecule has 0 unspecified atom stereocenters. The molecule has 136 valence electrons. The zero-order chi connectivity index (χ0) is 18.8. The van der Waals surface area contributed by atoms with Gasteiger partial charge in [-0.2, -0.15) is 0 Å². The number of aromatic nitrogens is 2. The molecule has 3 aromatic carbocycles. The maximum absolute atomic E-state index is 3.72. The van der Waals surface area contributed by atoms with Gasteiger partial charge in [0.05, 0.1) is 0 Å². The summed E-state index contributed by atoms with van der Waals surface area (Å²) in [6.45, 7) is 4.58. The summed E-state index contributed by atoms with van der Waals surface area (Å²) >= 11 is 3.65. The number of benzene rings is 3. The molecule has 0 saturated heterocycles. The van der Waals surface area contributed by atoms with E-state index in [1.54, 1.807) is 35.9 Å². The SMILES string of the molecule is Cc1c(Br)ccc2c1ccc1c3c(ccc12)CCC[C@H]3C.c1cnccn1. The van der Waals surface area contributed by atoms with Crippen molar-refractivity contribution >= 4 is 37.5 Å². The number of hydrogen-bond donors (Lipinski definition) is 0. The summed E-state index contributed by atoms with van der Waals surface area (Å²) in [6, 6.07) is 13.8. The van der Waals surface area contributed by atoms with Gasteiger partial charge in [0.2, 0.25) is 0 Å². The molecule has 1 heterocycles. The average molecular weight is 419 g/mol. The van der Waals surface area contributed by atoms with Crippen molar-refractivity contribution in [2.24, 2.45) is 0 Å². The fraction of sp³-hybridized carbons (Fsp3) is 0.250. The van der Waals surface area contributed by atoms with Crippen LogP contribution in [-0.2, 0) is 6.42 Å². The molecular formula is C24H23BrN2. The number of halogens is 1. The lowest BCUT2D eigenvalue weighted by Gasteiger charge is -2.24. The molecule has 1 aliphatic carbocycles. The number of hydrogen-bond acceptors (Lipinski definition) is 2. The van der Waals surface area contributed by atoms with Crippen molar-refractivity contribution in [1.29, 1.82) is 0 Å². The van der Waals surface area contributed by atoms with Crippen molar-refractivity contribution in [3.8, 4) is 0 Å². The van der Waals surface area contributed by atoms with Gasteiger partial charge in [0.25, 0.3) is 0 Å². The van der Waals surface area contributed by atoms with Gasteiger partial charge in [0.1, 0.15) is 0 Å². The summed E-state index contributed by atoms with van der Waals surface area (Å²) in [5.74, 6) is 0.687. The summed E-state index contributed by atoms with van der Waals surface area (Å²) in [5, 5.41) is 5.62. The molecule has 0 bridgehead atoms. The van der Waals surface area contributed by atoms with Gasteiger partial charge >= 0.3 is 0 Å². The Morgan fingerprint density at radius 1 is 0.815 bits per heavy atom. The highest BCUT2D eigenvalue weighted by Crippen LogP contribution is 2.39. The molecule has 1 aromatic heterocycles. The van der Waals surface area contributed by atoms with Gasteiger partial charge in [-0.05, 0) is 76.4 Å². The van der Waals surface area contributed by atoms with Crippen LogP contribution in [0.25, 0.3) is 21.5 Å². The quantitative estimate of drug-likeness (QED) is 0.287. The molecule has 2 nitrogen and oxygen atoms in total. The first-order valence-corrected chi connectivity index (χ1v) is 10.3. The average Bonchev–Trinajstić information content (AvgIpc) is 2.72. The van der Waals surface area contributed by atoms with Gasteiger partial charge < -0.3 is 0 Å². The third-order valence-corrected chi connectivity index (χ3v) is 6.45. The minimum Gasteiger partial charge on any atom is -0.262 e. The van der Waals surface area contributed by atoms with Crippen LogP contribution in [0, 0.1) is 6.92 Å². The Bertz CT molecular complexity index is 1060. The molecule has 1 atom stereocenters. The van der Waals surface area contributed by atoms with Crippen LogP contribution in [0.2, 0.25) is 0 Å². The monoisotopic (exact) mass is 418 g/mol. The fourth-order valence-electron chi connectivity index (χ4n) is 4.21. The van der Waals surface area contributed by atoms with Crippen LogP contribution in [-0.4, -0.2) is 9.97 Å². The topological polar surface area (TPSA) is 25.8 Å². The normalized spacial score (nSPS) is 15.9. The van der Waals surface area contributed by atoms with Crippen LogP contribution in [0.3, 0.4) is 0 Å². The summed E-state index contributed by atoms with van der Waals surface area (Å²) in [6.07, 6.45) is 10.5. The van der Waals surface area contributed by atoms with Crippen molar-refractivity contribution in [2.75, 3.05) is 0 Å². The van der Waals surface area contributed by atoms with Crippen molar-refractivity contribution in [1.82, 2.24) is 9.97 Å². The molecule has 0 amide bonds. The van der Waals surface area contributed by atoms with Crippen LogP contribution in [0.1, 0.15) is 42.4 Å². The fourth-order valence-corrected chi connectivity index (χ4v) is 4.56. The molecule has 0 spiro atoms. The van der Waals surface area contributed by atoms with E-state index in [0.29, 0.717) is 5.92 Å². The largest absolute Gasteiger partial charge is 0.262 e. The lowest BCUT2D eigenvalue weighted by Crippen LogP contribution is -2.07. The molecule has 27 heavy (non-hydrogen) atoms. The molecular weight excluding hydrogens is 396 g/mol. The number of aryl methyl sites for hydroxylation is 2. The zero-order valence-electron chi connectivity index (χ0n) is 15.7. The minimum absolute atomic E-state index is 0.687. The van der Waals surface area contributed by atoms with E-state index in [2.05, 4.69) is 76.1 Å². The van der Waals surface area contributed by atoms with Crippen molar-refractivity contribution in [2.45, 2.75) is 39.0 Å². The van der Waals surface area contributed by atoms with Gasteiger partial charge in [0, 0.05) is 29.3 Å². The number of fused-ring (bicyclic) bond motifs is 5. The van der Waals surface area contributed by atoms with Crippen molar-refractivity contribution in [3.63, 3.8) is 0 Å². The predicted octanol–water partition coefficient (Wildman–Crippen LogP) is 6.98. The second-order valence-corrected chi connectivity index (χ2v) is 8.11. The molecule has 0 aliphatic heterocycles. The lowest BCUT2D eigenvalue weighted by atomic mass is 9.80. The van der Waals surface area contributed by atoms with Crippen LogP contribution in [0.4, 0.5) is 0 Å². The van der Waals surface area contributed by atoms with E-state index in [1.807, 2.05) is 0 Å². The maximum Gasteiger partial charge on any atom is 0.0451 e. The lowest BCUT2D eigenvalue weighted by molar-refractivity contribution is 0.595. The maximum atomic E-state index is 3.72. The molecule has 0 radical (unpaired) electrons. The molecule has 0 N–H and O–H groups in total. The van der Waals surface area contributed by atoms with E-state index in [9.17, 15) is 0 Å². The Morgan fingerprint density at radius 3 is 2.11 bits per heavy atom. The first-order valence-electron chi connectivity index (χ1n) is 9.50. The molecule has 3 heteroatoms. The van der Waals surface area contributed by atoms with E-state index in [-0.39, 0.29) is 0 Å². The van der Waals surface area contributed by atoms with Gasteiger partial charge in [-0.25, -0.2) is 0 Å². The van der Waals surface area contributed by atoms with Crippen molar-refractivity contribution < 1.29 is 0 Å². The standard InChI is InChI=1S/C20H19Br.C4H4N2/c1-12-4-3-5-14-6-7-17-16-10-11-19(21)13(2)15(16)8-9-18(17)20(12)14;1-2-6-4-3-5-1/h6-12H,3-5H2,1-2H3;1-4H/t12-;/m1./s1. The van der Waals surface area contributed by atoms with Crippen LogP contribution >= 0.6 is 15.9 Å². The first kappa shape index (κ1) is 18.1. The Balaban J connectivity index is 0.000000257. The number of nitrogens with zero attached hydrogens (tertiary/aromatic N) is 2. The Labute approximate surface area is 168 Å². The predicted molar refractivity (Wildman–Crippen MR) is 117 cm³/mol. The Kier molecular flexibility index (Phi) is 5.22. The smallest absolute Gasteiger partial charge is 0.0451 e. The van der Waals surface area contributed by atoms with E-state index in [4.69, 9.17) is 0 Å². The third kappa shape index (κ3) is 3.49. The summed E-state index contributed by atoms with van der Waals surface area (Å²) in [4.78, 5) is 7.44. The van der Waals surface area contributed by atoms with E-state index in [1.165, 1.54) is 50.8 Å². The van der Waals surface area contributed by atoms with Gasteiger partial charge in [-0.3, -0.25) is 9.97 Å². The first-order chi connectivity index (χ1) is 13.2. The van der Waals surface area contributed by atoms with Crippen LogP contribution in [0.15, 0.2) is 65.7 Å².